The molecule has 0 atom stereocenters. The van der Waals surface area contributed by atoms with Crippen LogP contribution in [0.2, 0.25) is 0 Å². The number of rotatable bonds is 1. The summed E-state index contributed by atoms with van der Waals surface area (Å²) in [5, 5.41) is 0. The van der Waals surface area contributed by atoms with Gasteiger partial charge < -0.3 is 4.57 Å². The zero-order valence-electron chi connectivity index (χ0n) is 6.78. The van der Waals surface area contributed by atoms with Crippen LogP contribution in [0.5, 0.6) is 0 Å². The highest BCUT2D eigenvalue weighted by Gasteiger charge is 2.00. The maximum absolute atomic E-state index is 5.23. The molecule has 0 saturated carbocycles. The number of aryl methyl sites for hydroxylation is 1. The molecule has 1 heterocycles. The Balaban J connectivity index is 2.91. The second-order valence-corrected chi connectivity index (χ2v) is 4.26. The summed E-state index contributed by atoms with van der Waals surface area (Å²) >= 11 is 6.91. The minimum Gasteiger partial charge on any atom is -0.323 e. The molecule has 3 heteroatoms. The van der Waals surface area contributed by atoms with E-state index in [-0.39, 0.29) is 0 Å². The van der Waals surface area contributed by atoms with Gasteiger partial charge in [-0.2, -0.15) is 0 Å². The van der Waals surface area contributed by atoms with E-state index in [9.17, 15) is 0 Å². The summed E-state index contributed by atoms with van der Waals surface area (Å²) in [5.41, 5.74) is 1.26. The van der Waals surface area contributed by atoms with Gasteiger partial charge in [-0.25, -0.2) is 0 Å². The summed E-state index contributed by atoms with van der Waals surface area (Å²) in [6.07, 6.45) is 0. The van der Waals surface area contributed by atoms with E-state index in [1.165, 1.54) is 10.2 Å². The molecule has 0 aliphatic rings. The minimum atomic E-state index is 0.961. The van der Waals surface area contributed by atoms with Crippen LogP contribution in [-0.4, -0.2) is 4.57 Å². The Bertz CT molecular complexity index is 453. The summed E-state index contributed by atoms with van der Waals surface area (Å²) in [6.45, 7) is 3.08. The average Bonchev–Trinajstić information content (AvgIpc) is 2.40. The molecular formula is C9H9NS2. The van der Waals surface area contributed by atoms with E-state index in [2.05, 4.69) is 29.7 Å². The number of nitrogens with zero attached hydrogens (tertiary/aromatic N) is 1. The number of hydrogen-bond donors (Lipinski definition) is 0. The Hall–Kier alpha value is -0.670. The van der Waals surface area contributed by atoms with Crippen molar-refractivity contribution in [2.75, 3.05) is 0 Å². The molecule has 0 bridgehead atoms. The molecule has 0 aliphatic carbocycles. The monoisotopic (exact) mass is 195 g/mol. The van der Waals surface area contributed by atoms with E-state index in [0.717, 1.165) is 10.5 Å². The van der Waals surface area contributed by atoms with Gasteiger partial charge in [0.05, 0.1) is 10.2 Å². The molecule has 62 valence electrons. The SMILES string of the molecule is CCn1c(=S)sc2ccccc21. The van der Waals surface area contributed by atoms with Crippen LogP contribution in [0.1, 0.15) is 6.92 Å². The van der Waals surface area contributed by atoms with Crippen molar-refractivity contribution < 1.29 is 0 Å². The molecule has 0 fully saturated rings. The largest absolute Gasteiger partial charge is 0.323 e. The molecular weight excluding hydrogens is 186 g/mol. The first-order valence-corrected chi connectivity index (χ1v) is 5.14. The zero-order chi connectivity index (χ0) is 8.55. The molecule has 1 nitrogen and oxygen atoms in total. The molecule has 1 aromatic heterocycles. The fourth-order valence-corrected chi connectivity index (χ4v) is 2.77. The molecule has 0 unspecified atom stereocenters. The molecule has 0 radical (unpaired) electrons. The van der Waals surface area contributed by atoms with Gasteiger partial charge in [0.15, 0.2) is 3.95 Å². The van der Waals surface area contributed by atoms with Gasteiger partial charge in [0.2, 0.25) is 0 Å². The van der Waals surface area contributed by atoms with Crippen LogP contribution in [0.3, 0.4) is 0 Å². The minimum absolute atomic E-state index is 0.961. The first-order chi connectivity index (χ1) is 5.83. The number of para-hydroxylation sites is 1. The number of benzene rings is 1. The third-order valence-electron chi connectivity index (χ3n) is 1.89. The smallest absolute Gasteiger partial charge is 0.162 e. The van der Waals surface area contributed by atoms with Crippen LogP contribution >= 0.6 is 23.6 Å². The average molecular weight is 195 g/mol. The number of fused-ring (bicyclic) bond motifs is 1. The van der Waals surface area contributed by atoms with Crippen molar-refractivity contribution >= 4 is 33.8 Å². The fraction of sp³-hybridized carbons (Fsp3) is 0.222. The predicted molar refractivity (Wildman–Crippen MR) is 56.3 cm³/mol. The van der Waals surface area contributed by atoms with Crippen LogP contribution < -0.4 is 0 Å². The molecule has 12 heavy (non-hydrogen) atoms. The molecule has 0 N–H and O–H groups in total. The van der Waals surface area contributed by atoms with Gasteiger partial charge in [0.1, 0.15) is 0 Å². The lowest BCUT2D eigenvalue weighted by atomic mass is 10.3. The second-order valence-electron chi connectivity index (χ2n) is 2.58. The zero-order valence-corrected chi connectivity index (χ0v) is 8.41. The first-order valence-electron chi connectivity index (χ1n) is 3.91. The Labute approximate surface area is 80.3 Å². The quantitative estimate of drug-likeness (QED) is 0.631. The Kier molecular flexibility index (Phi) is 1.98. The van der Waals surface area contributed by atoms with E-state index < -0.39 is 0 Å². The first kappa shape index (κ1) is 7.95. The van der Waals surface area contributed by atoms with Gasteiger partial charge in [-0.3, -0.25) is 0 Å². The van der Waals surface area contributed by atoms with Crippen LogP contribution in [0, 0.1) is 3.95 Å². The molecule has 0 spiro atoms. The summed E-state index contributed by atoms with van der Waals surface area (Å²) < 4.78 is 4.41. The van der Waals surface area contributed by atoms with Gasteiger partial charge in [0.25, 0.3) is 0 Å². The summed E-state index contributed by atoms with van der Waals surface area (Å²) in [4.78, 5) is 0. The van der Waals surface area contributed by atoms with Crippen LogP contribution in [0.15, 0.2) is 24.3 Å². The van der Waals surface area contributed by atoms with Crippen molar-refractivity contribution in [1.29, 1.82) is 0 Å². The van der Waals surface area contributed by atoms with E-state index >= 15 is 0 Å². The van der Waals surface area contributed by atoms with Crippen molar-refractivity contribution in [3.05, 3.63) is 28.2 Å². The van der Waals surface area contributed by atoms with Crippen molar-refractivity contribution in [3.8, 4) is 0 Å². The Morgan fingerprint density at radius 3 is 2.92 bits per heavy atom. The van der Waals surface area contributed by atoms with Crippen molar-refractivity contribution in [2.24, 2.45) is 0 Å². The standard InChI is InChI=1S/C9H9NS2/c1-2-10-7-5-3-4-6-8(7)12-9(10)11/h3-6H,2H2,1H3. The van der Waals surface area contributed by atoms with Gasteiger partial charge in [-0.1, -0.05) is 12.1 Å². The molecule has 2 aromatic rings. The Morgan fingerprint density at radius 1 is 1.42 bits per heavy atom. The lowest BCUT2D eigenvalue weighted by Gasteiger charge is -1.97. The number of hydrogen-bond acceptors (Lipinski definition) is 2. The summed E-state index contributed by atoms with van der Waals surface area (Å²) in [5.74, 6) is 0. The predicted octanol–water partition coefficient (Wildman–Crippen LogP) is 3.45. The normalized spacial score (nSPS) is 10.8. The molecule has 0 aliphatic heterocycles. The van der Waals surface area contributed by atoms with Crippen molar-refractivity contribution in [3.63, 3.8) is 0 Å². The van der Waals surface area contributed by atoms with Crippen LogP contribution in [-0.2, 0) is 6.54 Å². The fourth-order valence-electron chi connectivity index (χ4n) is 1.31. The van der Waals surface area contributed by atoms with Gasteiger partial charge >= 0.3 is 0 Å². The number of aromatic nitrogens is 1. The molecule has 1 aromatic carbocycles. The Morgan fingerprint density at radius 2 is 2.17 bits per heavy atom. The van der Waals surface area contributed by atoms with Gasteiger partial charge in [-0.05, 0) is 31.3 Å². The third kappa shape index (κ3) is 1.09. The van der Waals surface area contributed by atoms with Crippen molar-refractivity contribution in [2.45, 2.75) is 13.5 Å². The second kappa shape index (κ2) is 2.99. The highest BCUT2D eigenvalue weighted by Crippen LogP contribution is 2.22. The van der Waals surface area contributed by atoms with Crippen LogP contribution in [0.25, 0.3) is 10.2 Å². The lowest BCUT2D eigenvalue weighted by molar-refractivity contribution is 0.794. The maximum atomic E-state index is 5.23. The molecule has 2 rings (SSSR count). The highest BCUT2D eigenvalue weighted by molar-refractivity contribution is 7.73. The van der Waals surface area contributed by atoms with Crippen LogP contribution in [0.4, 0.5) is 0 Å². The van der Waals surface area contributed by atoms with Crippen molar-refractivity contribution in [1.82, 2.24) is 4.57 Å². The number of thiazole rings is 1. The lowest BCUT2D eigenvalue weighted by Crippen LogP contribution is -1.91. The van der Waals surface area contributed by atoms with E-state index in [0.29, 0.717) is 0 Å². The van der Waals surface area contributed by atoms with E-state index in [4.69, 9.17) is 12.2 Å². The third-order valence-corrected chi connectivity index (χ3v) is 3.32. The molecule has 0 amide bonds. The summed E-state index contributed by atoms with van der Waals surface area (Å²) in [6, 6.07) is 8.33. The summed E-state index contributed by atoms with van der Waals surface area (Å²) in [7, 11) is 0. The molecule has 0 saturated heterocycles. The van der Waals surface area contributed by atoms with Gasteiger partial charge in [-0.15, -0.1) is 11.3 Å². The maximum Gasteiger partial charge on any atom is 0.162 e. The van der Waals surface area contributed by atoms with E-state index in [1.54, 1.807) is 11.3 Å². The highest BCUT2D eigenvalue weighted by atomic mass is 32.1. The topological polar surface area (TPSA) is 4.93 Å². The van der Waals surface area contributed by atoms with E-state index in [1.807, 2.05) is 6.07 Å². The van der Waals surface area contributed by atoms with Gasteiger partial charge in [0, 0.05) is 6.54 Å².